The molecule has 2 amide bonds. The molecule has 8 nitrogen and oxygen atoms in total. The van der Waals surface area contributed by atoms with Crippen LogP contribution < -0.4 is 19.5 Å². The van der Waals surface area contributed by atoms with Crippen molar-refractivity contribution in [1.29, 1.82) is 0 Å². The largest absolute Gasteiger partial charge is 0.493 e. The first-order valence-electron chi connectivity index (χ1n) is 9.62. The van der Waals surface area contributed by atoms with Gasteiger partial charge in [0.05, 0.1) is 20.0 Å². The molecule has 1 aliphatic rings. The predicted molar refractivity (Wildman–Crippen MR) is 108 cm³/mol. The van der Waals surface area contributed by atoms with Crippen molar-refractivity contribution in [3.05, 3.63) is 23.8 Å². The SMILES string of the molecule is CCCS(=O)(=O)NC1CCN(C(=O)NCCc2ccc(OC)c(OC)c2)CC1. The van der Waals surface area contributed by atoms with Crippen LogP contribution in [0.2, 0.25) is 0 Å². The number of likely N-dealkylation sites (tertiary alicyclic amines) is 1. The number of urea groups is 1. The van der Waals surface area contributed by atoms with Gasteiger partial charge in [0.15, 0.2) is 11.5 Å². The van der Waals surface area contributed by atoms with Crippen molar-refractivity contribution in [3.63, 3.8) is 0 Å². The van der Waals surface area contributed by atoms with E-state index in [2.05, 4.69) is 10.0 Å². The molecule has 0 saturated carbocycles. The van der Waals surface area contributed by atoms with Crippen LogP contribution in [0.4, 0.5) is 4.79 Å². The summed E-state index contributed by atoms with van der Waals surface area (Å²) < 4.78 is 37.0. The molecule has 0 radical (unpaired) electrons. The summed E-state index contributed by atoms with van der Waals surface area (Å²) in [6.45, 7) is 3.44. The lowest BCUT2D eigenvalue weighted by atomic mass is 10.1. The second kappa shape index (κ2) is 10.5. The van der Waals surface area contributed by atoms with Gasteiger partial charge in [0.2, 0.25) is 10.0 Å². The molecular formula is C19H31N3O5S. The molecule has 2 N–H and O–H groups in total. The zero-order chi connectivity index (χ0) is 20.6. The highest BCUT2D eigenvalue weighted by Gasteiger charge is 2.25. The molecule has 1 aromatic rings. The van der Waals surface area contributed by atoms with Crippen LogP contribution in [0, 0.1) is 0 Å². The summed E-state index contributed by atoms with van der Waals surface area (Å²) in [5.41, 5.74) is 1.04. The highest BCUT2D eigenvalue weighted by atomic mass is 32.2. The van der Waals surface area contributed by atoms with Crippen LogP contribution in [0.3, 0.4) is 0 Å². The first-order chi connectivity index (χ1) is 13.4. The number of nitrogens with zero attached hydrogens (tertiary/aromatic N) is 1. The van der Waals surface area contributed by atoms with Gasteiger partial charge >= 0.3 is 6.03 Å². The Balaban J connectivity index is 1.74. The second-order valence-electron chi connectivity index (χ2n) is 6.87. The van der Waals surface area contributed by atoms with Gasteiger partial charge in [0.1, 0.15) is 0 Å². The van der Waals surface area contributed by atoms with Crippen LogP contribution in [-0.2, 0) is 16.4 Å². The van der Waals surface area contributed by atoms with Crippen molar-refractivity contribution in [3.8, 4) is 11.5 Å². The van der Waals surface area contributed by atoms with E-state index in [-0.39, 0.29) is 17.8 Å². The normalized spacial score (nSPS) is 15.3. The van der Waals surface area contributed by atoms with Gasteiger partial charge in [-0.25, -0.2) is 17.9 Å². The minimum absolute atomic E-state index is 0.0904. The minimum atomic E-state index is -3.21. The lowest BCUT2D eigenvalue weighted by molar-refractivity contribution is 0.180. The Morgan fingerprint density at radius 1 is 1.18 bits per heavy atom. The van der Waals surface area contributed by atoms with Crippen molar-refractivity contribution < 1.29 is 22.7 Å². The van der Waals surface area contributed by atoms with E-state index >= 15 is 0 Å². The summed E-state index contributed by atoms with van der Waals surface area (Å²) in [6, 6.07) is 5.49. The molecule has 1 saturated heterocycles. The number of hydrogen-bond donors (Lipinski definition) is 2. The monoisotopic (exact) mass is 413 g/mol. The average molecular weight is 414 g/mol. The van der Waals surface area contributed by atoms with Crippen LogP contribution in [0.1, 0.15) is 31.7 Å². The summed E-state index contributed by atoms with van der Waals surface area (Å²) in [4.78, 5) is 14.1. The Bertz CT molecular complexity index is 746. The molecule has 1 aromatic carbocycles. The Morgan fingerprint density at radius 3 is 2.46 bits per heavy atom. The molecule has 2 rings (SSSR count). The zero-order valence-electron chi connectivity index (χ0n) is 16.9. The molecule has 28 heavy (non-hydrogen) atoms. The summed E-state index contributed by atoms with van der Waals surface area (Å²) in [5, 5.41) is 2.93. The van der Waals surface area contributed by atoms with Crippen molar-refractivity contribution in [2.24, 2.45) is 0 Å². The van der Waals surface area contributed by atoms with E-state index in [0.29, 0.717) is 56.8 Å². The summed E-state index contributed by atoms with van der Waals surface area (Å²) in [6.07, 6.45) is 2.54. The standard InChI is InChI=1S/C19H31N3O5S/c1-4-13-28(24,25)21-16-8-11-22(12-9-16)19(23)20-10-7-15-5-6-17(26-2)18(14-15)27-3/h5-6,14,16,21H,4,7-13H2,1-3H3,(H,20,23). The number of rotatable bonds is 9. The fraction of sp³-hybridized carbons (Fsp3) is 0.632. The van der Waals surface area contributed by atoms with Crippen LogP contribution in [-0.4, -0.2) is 65.0 Å². The van der Waals surface area contributed by atoms with Gasteiger partial charge in [-0.2, -0.15) is 0 Å². The average Bonchev–Trinajstić information content (AvgIpc) is 2.67. The highest BCUT2D eigenvalue weighted by molar-refractivity contribution is 7.89. The summed E-state index contributed by atoms with van der Waals surface area (Å²) in [7, 11) is -0.0274. The predicted octanol–water partition coefficient (Wildman–Crippen LogP) is 1.75. The number of piperidine rings is 1. The number of benzene rings is 1. The van der Waals surface area contributed by atoms with E-state index in [4.69, 9.17) is 9.47 Å². The van der Waals surface area contributed by atoms with Crippen molar-refractivity contribution in [2.45, 2.75) is 38.6 Å². The van der Waals surface area contributed by atoms with E-state index in [9.17, 15) is 13.2 Å². The smallest absolute Gasteiger partial charge is 0.317 e. The molecule has 0 unspecified atom stereocenters. The van der Waals surface area contributed by atoms with Gasteiger partial charge < -0.3 is 19.7 Å². The van der Waals surface area contributed by atoms with Gasteiger partial charge in [-0.1, -0.05) is 13.0 Å². The summed E-state index contributed by atoms with van der Waals surface area (Å²) in [5.74, 6) is 1.48. The number of hydrogen-bond acceptors (Lipinski definition) is 5. The van der Waals surface area contributed by atoms with Gasteiger partial charge in [-0.15, -0.1) is 0 Å². The molecule has 9 heteroatoms. The number of ether oxygens (including phenoxy) is 2. The zero-order valence-corrected chi connectivity index (χ0v) is 17.7. The Morgan fingerprint density at radius 2 is 1.86 bits per heavy atom. The fourth-order valence-electron chi connectivity index (χ4n) is 3.24. The fourth-order valence-corrected chi connectivity index (χ4v) is 4.64. The number of nitrogens with one attached hydrogen (secondary N) is 2. The van der Waals surface area contributed by atoms with Crippen LogP contribution in [0.15, 0.2) is 18.2 Å². The quantitative estimate of drug-likeness (QED) is 0.643. The van der Waals surface area contributed by atoms with Crippen molar-refractivity contribution in [1.82, 2.24) is 14.9 Å². The molecule has 0 spiro atoms. The van der Waals surface area contributed by atoms with Crippen LogP contribution in [0.5, 0.6) is 11.5 Å². The number of carbonyl (C=O) groups is 1. The molecule has 0 bridgehead atoms. The van der Waals surface area contributed by atoms with E-state index in [1.54, 1.807) is 19.1 Å². The molecule has 0 atom stereocenters. The van der Waals surface area contributed by atoms with Crippen molar-refractivity contribution >= 4 is 16.1 Å². The van der Waals surface area contributed by atoms with Crippen molar-refractivity contribution in [2.75, 3.05) is 39.6 Å². The number of sulfonamides is 1. The maximum atomic E-state index is 12.3. The molecule has 0 aliphatic carbocycles. The van der Waals surface area contributed by atoms with Gasteiger partial charge in [-0.3, -0.25) is 0 Å². The van der Waals surface area contributed by atoms with E-state index in [1.165, 1.54) is 0 Å². The molecule has 0 aromatic heterocycles. The third kappa shape index (κ3) is 6.56. The van der Waals surface area contributed by atoms with E-state index in [0.717, 1.165) is 5.56 Å². The Labute approximate surface area is 167 Å². The van der Waals surface area contributed by atoms with E-state index in [1.807, 2.05) is 25.1 Å². The third-order valence-corrected chi connectivity index (χ3v) is 6.38. The van der Waals surface area contributed by atoms with E-state index < -0.39 is 10.0 Å². The minimum Gasteiger partial charge on any atom is -0.493 e. The lowest BCUT2D eigenvalue weighted by Crippen LogP contribution is -2.49. The molecular weight excluding hydrogens is 382 g/mol. The second-order valence-corrected chi connectivity index (χ2v) is 8.74. The molecule has 1 fully saturated rings. The lowest BCUT2D eigenvalue weighted by Gasteiger charge is -2.32. The van der Waals surface area contributed by atoms with Crippen LogP contribution >= 0.6 is 0 Å². The first kappa shape index (κ1) is 22.3. The number of carbonyl (C=O) groups excluding carboxylic acids is 1. The molecule has 1 aliphatic heterocycles. The van der Waals surface area contributed by atoms with Gasteiger partial charge in [0.25, 0.3) is 0 Å². The van der Waals surface area contributed by atoms with Gasteiger partial charge in [0, 0.05) is 25.7 Å². The number of amides is 2. The van der Waals surface area contributed by atoms with Gasteiger partial charge in [-0.05, 0) is 43.4 Å². The maximum absolute atomic E-state index is 12.3. The van der Waals surface area contributed by atoms with Crippen LogP contribution in [0.25, 0.3) is 0 Å². The molecule has 1 heterocycles. The maximum Gasteiger partial charge on any atom is 0.317 e. The topological polar surface area (TPSA) is 97.0 Å². The first-order valence-corrected chi connectivity index (χ1v) is 11.3. The Kier molecular flexibility index (Phi) is 8.37. The third-order valence-electron chi connectivity index (χ3n) is 4.74. The summed E-state index contributed by atoms with van der Waals surface area (Å²) >= 11 is 0. The Hall–Kier alpha value is -2.00. The number of methoxy groups -OCH3 is 2. The molecule has 158 valence electrons. The highest BCUT2D eigenvalue weighted by Crippen LogP contribution is 2.27.